The van der Waals surface area contributed by atoms with Crippen LogP contribution in [-0.4, -0.2) is 25.1 Å². The van der Waals surface area contributed by atoms with E-state index in [1.165, 1.54) is 0 Å². The van der Waals surface area contributed by atoms with Gasteiger partial charge in [0.15, 0.2) is 0 Å². The highest BCUT2D eigenvalue weighted by molar-refractivity contribution is 6.03. The Kier molecular flexibility index (Phi) is 4.96. The third-order valence-electron chi connectivity index (χ3n) is 5.48. The quantitative estimate of drug-likeness (QED) is 0.468. The number of carbonyl (C=O) groups is 1. The summed E-state index contributed by atoms with van der Waals surface area (Å²) in [6.07, 6.45) is 6.20. The fourth-order valence-electron chi connectivity index (χ4n) is 3.72. The first-order chi connectivity index (χ1) is 15.4. The molecule has 0 unspecified atom stereocenters. The summed E-state index contributed by atoms with van der Waals surface area (Å²) in [5.74, 6) is 0.987. The van der Waals surface area contributed by atoms with Crippen LogP contribution in [0.5, 0.6) is 5.75 Å². The van der Waals surface area contributed by atoms with Crippen molar-refractivity contribution >= 4 is 17.2 Å². The number of fused-ring (bicyclic) bond motifs is 1. The van der Waals surface area contributed by atoms with Crippen LogP contribution in [-0.2, 0) is 12.1 Å². The molecule has 0 bridgehead atoms. The van der Waals surface area contributed by atoms with Crippen molar-refractivity contribution in [2.45, 2.75) is 51.7 Å². The lowest BCUT2D eigenvalue weighted by Gasteiger charge is -2.22. The topological polar surface area (TPSA) is 73.5 Å². The highest BCUT2D eigenvalue weighted by Gasteiger charge is 2.31. The smallest absolute Gasteiger partial charge is 0.273 e. The Morgan fingerprint density at radius 1 is 1.16 bits per heavy atom. The van der Waals surface area contributed by atoms with Crippen LogP contribution in [0.25, 0.3) is 5.65 Å². The van der Waals surface area contributed by atoms with Gasteiger partial charge in [-0.2, -0.15) is 5.10 Å². The number of benzene rings is 1. The van der Waals surface area contributed by atoms with Gasteiger partial charge in [0.05, 0.1) is 16.9 Å². The second-order valence-electron chi connectivity index (χ2n) is 9.28. The molecule has 1 aliphatic rings. The largest absolute Gasteiger partial charge is 0.487 e. The molecule has 7 nitrogen and oxygen atoms in total. The highest BCUT2D eigenvalue weighted by Crippen LogP contribution is 2.40. The molecule has 1 aromatic carbocycles. The zero-order valence-electron chi connectivity index (χ0n) is 18.6. The van der Waals surface area contributed by atoms with Gasteiger partial charge in [0.2, 0.25) is 0 Å². The minimum absolute atomic E-state index is 0.170. The van der Waals surface area contributed by atoms with Gasteiger partial charge >= 0.3 is 0 Å². The van der Waals surface area contributed by atoms with Gasteiger partial charge in [0.25, 0.3) is 5.91 Å². The number of aromatic nitrogens is 4. The minimum atomic E-state index is -0.279. The van der Waals surface area contributed by atoms with E-state index in [-0.39, 0.29) is 11.4 Å². The van der Waals surface area contributed by atoms with Gasteiger partial charge < -0.3 is 14.5 Å². The number of nitrogens with zero attached hydrogens (tertiary/aromatic N) is 4. The normalized spacial score (nSPS) is 14.0. The number of amides is 1. The Labute approximate surface area is 187 Å². The molecular weight excluding hydrogens is 402 g/mol. The number of hydrogen-bond acceptors (Lipinski definition) is 4. The molecule has 1 N–H and O–H groups in total. The predicted octanol–water partition coefficient (Wildman–Crippen LogP) is 4.99. The summed E-state index contributed by atoms with van der Waals surface area (Å²) in [6.45, 7) is 6.52. The summed E-state index contributed by atoms with van der Waals surface area (Å²) in [6, 6.07) is 15.2. The van der Waals surface area contributed by atoms with Gasteiger partial charge in [-0.15, -0.1) is 0 Å². The van der Waals surface area contributed by atoms with E-state index in [0.717, 1.165) is 29.9 Å². The average molecular weight is 430 g/mol. The van der Waals surface area contributed by atoms with E-state index in [0.29, 0.717) is 29.7 Å². The van der Waals surface area contributed by atoms with Crippen LogP contribution in [0.1, 0.15) is 61.4 Å². The molecular formula is C25H27N5O2. The van der Waals surface area contributed by atoms with Crippen LogP contribution in [0.2, 0.25) is 0 Å². The third kappa shape index (κ3) is 4.23. The van der Waals surface area contributed by atoms with Crippen LogP contribution in [0.3, 0.4) is 0 Å². The Balaban J connectivity index is 1.30. The summed E-state index contributed by atoms with van der Waals surface area (Å²) < 4.78 is 9.72. The van der Waals surface area contributed by atoms with Crippen molar-refractivity contribution in [2.75, 3.05) is 5.32 Å². The molecule has 0 atom stereocenters. The lowest BCUT2D eigenvalue weighted by atomic mass is 10.1. The summed E-state index contributed by atoms with van der Waals surface area (Å²) in [5, 5.41) is 7.73. The van der Waals surface area contributed by atoms with Crippen molar-refractivity contribution in [1.82, 2.24) is 19.2 Å². The third-order valence-corrected chi connectivity index (χ3v) is 5.48. The number of hydrogen-bond donors (Lipinski definition) is 1. The van der Waals surface area contributed by atoms with Crippen molar-refractivity contribution in [3.63, 3.8) is 0 Å². The van der Waals surface area contributed by atoms with Gasteiger partial charge in [-0.25, -0.2) is 4.98 Å². The fraction of sp³-hybridized carbons (Fsp3) is 0.320. The summed E-state index contributed by atoms with van der Waals surface area (Å²) in [5.41, 5.74) is 3.71. The molecule has 164 valence electrons. The molecule has 0 spiro atoms. The maximum absolute atomic E-state index is 13.1. The second-order valence-corrected chi connectivity index (χ2v) is 9.28. The molecule has 0 radical (unpaired) electrons. The molecule has 7 heteroatoms. The predicted molar refractivity (Wildman–Crippen MR) is 123 cm³/mol. The Hall–Kier alpha value is -3.61. The molecule has 4 aromatic rings. The summed E-state index contributed by atoms with van der Waals surface area (Å²) >= 11 is 0. The Bertz CT molecular complexity index is 1240. The molecule has 1 fully saturated rings. The van der Waals surface area contributed by atoms with Gasteiger partial charge in [0.1, 0.15) is 23.7 Å². The Morgan fingerprint density at radius 3 is 2.75 bits per heavy atom. The molecule has 3 heterocycles. The first-order valence-corrected chi connectivity index (χ1v) is 10.9. The van der Waals surface area contributed by atoms with Crippen LogP contribution < -0.4 is 10.1 Å². The molecule has 0 aliphatic heterocycles. The van der Waals surface area contributed by atoms with Gasteiger partial charge in [-0.1, -0.05) is 12.1 Å². The monoisotopic (exact) mass is 429 g/mol. The van der Waals surface area contributed by atoms with Crippen LogP contribution in [0.15, 0.2) is 60.9 Å². The maximum atomic E-state index is 13.1. The van der Waals surface area contributed by atoms with E-state index < -0.39 is 0 Å². The van der Waals surface area contributed by atoms with E-state index in [9.17, 15) is 4.79 Å². The van der Waals surface area contributed by atoms with E-state index in [1.807, 2.05) is 70.0 Å². The van der Waals surface area contributed by atoms with Crippen LogP contribution in [0, 0.1) is 0 Å². The van der Waals surface area contributed by atoms with Crippen molar-refractivity contribution < 1.29 is 9.53 Å². The molecule has 5 rings (SSSR count). The number of imidazole rings is 1. The molecule has 1 amide bonds. The number of anilines is 1. The number of ether oxygens (including phenoxy) is 1. The summed E-state index contributed by atoms with van der Waals surface area (Å²) in [7, 11) is 0. The molecule has 32 heavy (non-hydrogen) atoms. The molecule has 3 aromatic heterocycles. The zero-order valence-corrected chi connectivity index (χ0v) is 18.6. The van der Waals surface area contributed by atoms with E-state index in [2.05, 4.69) is 31.1 Å². The molecule has 1 aliphatic carbocycles. The number of nitrogens with one attached hydrogen (secondary N) is 1. The molecule has 1 saturated carbocycles. The first-order valence-electron chi connectivity index (χ1n) is 10.9. The minimum Gasteiger partial charge on any atom is -0.487 e. The average Bonchev–Trinajstić information content (AvgIpc) is 3.35. The number of carbonyl (C=O) groups excluding carboxylic acids is 1. The van der Waals surface area contributed by atoms with E-state index >= 15 is 0 Å². The first kappa shape index (κ1) is 20.3. The summed E-state index contributed by atoms with van der Waals surface area (Å²) in [4.78, 5) is 17.7. The van der Waals surface area contributed by atoms with Gasteiger partial charge in [-0.3, -0.25) is 9.48 Å². The van der Waals surface area contributed by atoms with Crippen molar-refractivity contribution in [2.24, 2.45) is 0 Å². The fourth-order valence-corrected chi connectivity index (χ4v) is 3.72. The maximum Gasteiger partial charge on any atom is 0.273 e. The van der Waals surface area contributed by atoms with Crippen molar-refractivity contribution in [3.8, 4) is 5.75 Å². The number of rotatable bonds is 6. The lowest BCUT2D eigenvalue weighted by Crippen LogP contribution is -2.29. The van der Waals surface area contributed by atoms with Crippen LogP contribution in [0.4, 0.5) is 5.69 Å². The lowest BCUT2D eigenvalue weighted by molar-refractivity contribution is 0.100. The molecule has 0 saturated heterocycles. The van der Waals surface area contributed by atoms with E-state index in [1.54, 1.807) is 0 Å². The van der Waals surface area contributed by atoms with Crippen molar-refractivity contribution in [3.05, 3.63) is 78.0 Å². The SMILES string of the molecule is CC(C)(C)n1nc(C2CC2)cc1C(=O)Nc1cccc(OCc2cn3ccccc3n2)c1. The zero-order chi connectivity index (χ0) is 22.3. The van der Waals surface area contributed by atoms with Gasteiger partial charge in [-0.05, 0) is 63.9 Å². The second kappa shape index (κ2) is 7.82. The van der Waals surface area contributed by atoms with Crippen molar-refractivity contribution in [1.29, 1.82) is 0 Å². The Morgan fingerprint density at radius 2 is 2.00 bits per heavy atom. The standard InChI is InChI=1S/C25H27N5O2/c1-25(2,3)30-22(14-21(28-30)17-10-11-17)24(31)27-18-7-6-8-20(13-18)32-16-19-15-29-12-5-4-9-23(29)26-19/h4-9,12-15,17H,10-11,16H2,1-3H3,(H,27,31). The highest BCUT2D eigenvalue weighted by atomic mass is 16.5. The van der Waals surface area contributed by atoms with Gasteiger partial charge in [0, 0.05) is 30.1 Å². The number of pyridine rings is 1. The van der Waals surface area contributed by atoms with Crippen LogP contribution >= 0.6 is 0 Å². The van der Waals surface area contributed by atoms with E-state index in [4.69, 9.17) is 9.84 Å².